The Labute approximate surface area is 241 Å². The van der Waals surface area contributed by atoms with Crippen LogP contribution in [0.1, 0.15) is 94.2 Å². The fourth-order valence-corrected chi connectivity index (χ4v) is 14.8. The summed E-state index contributed by atoms with van der Waals surface area (Å²) in [6.45, 7) is 28.9. The average Bonchev–Trinajstić information content (AvgIpc) is 2.79. The maximum Gasteiger partial charge on any atom is 0.0400 e. The third-order valence-corrected chi connectivity index (χ3v) is 14.1. The van der Waals surface area contributed by atoms with Crippen LogP contribution in [0.3, 0.4) is 0 Å². The zero-order chi connectivity index (χ0) is 29.4. The third kappa shape index (κ3) is 7.23. The molecule has 0 fully saturated rings. The summed E-state index contributed by atoms with van der Waals surface area (Å²) >= 11 is 0. The second-order valence-electron chi connectivity index (χ2n) is 14.6. The number of nitrogen functional groups attached to an aromatic ring is 1. The highest BCUT2D eigenvalue weighted by Gasteiger charge is 2.40. The Bertz CT molecular complexity index is 1350. The molecule has 39 heavy (non-hydrogen) atoms. The van der Waals surface area contributed by atoms with Crippen molar-refractivity contribution >= 4 is 32.2 Å². The van der Waals surface area contributed by atoms with Gasteiger partial charge in [-0.25, -0.2) is 0 Å². The predicted octanol–water partition coefficient (Wildman–Crippen LogP) is 9.74. The topological polar surface area (TPSA) is 26.0 Å². The molecule has 0 aliphatic carbocycles. The molecule has 0 unspecified atom stereocenters. The standard InChI is InChI=1S/C36H51NP2/c1-33(2,3)38(34(4,5)6)31(26-20-15-13-16-21-26)28-24-19-25-29(37)30(28)32(27-22-17-14-18-23-27)39(35(7,8)9)36(10,11)12/h13-25H,37H2,1-12H3. The highest BCUT2D eigenvalue weighted by molar-refractivity contribution is 7.71. The van der Waals surface area contributed by atoms with Gasteiger partial charge in [-0.15, -0.1) is 0 Å². The van der Waals surface area contributed by atoms with E-state index in [4.69, 9.17) is 5.73 Å². The van der Waals surface area contributed by atoms with Crippen molar-refractivity contribution in [2.24, 2.45) is 0 Å². The predicted molar refractivity (Wildman–Crippen MR) is 181 cm³/mol. The van der Waals surface area contributed by atoms with Crippen LogP contribution in [0, 0.1) is 0 Å². The molecule has 210 valence electrons. The van der Waals surface area contributed by atoms with Crippen molar-refractivity contribution in [2.75, 3.05) is 5.73 Å². The maximum atomic E-state index is 7.10. The van der Waals surface area contributed by atoms with E-state index >= 15 is 0 Å². The lowest BCUT2D eigenvalue weighted by Gasteiger charge is -2.44. The summed E-state index contributed by atoms with van der Waals surface area (Å²) in [5, 5.41) is 5.80. The highest BCUT2D eigenvalue weighted by Crippen LogP contribution is 2.68. The third-order valence-electron chi connectivity index (χ3n) is 6.81. The first-order valence-electron chi connectivity index (χ1n) is 14.2. The molecule has 0 spiro atoms. The van der Waals surface area contributed by atoms with E-state index in [0.29, 0.717) is 0 Å². The van der Waals surface area contributed by atoms with Crippen LogP contribution in [0.15, 0.2) is 78.9 Å². The number of hydrogen-bond acceptors (Lipinski definition) is 1. The van der Waals surface area contributed by atoms with Crippen molar-refractivity contribution in [2.45, 2.75) is 104 Å². The second kappa shape index (κ2) is 11.5. The van der Waals surface area contributed by atoms with Gasteiger partial charge in [0.15, 0.2) is 0 Å². The van der Waals surface area contributed by atoms with E-state index in [1.165, 1.54) is 32.2 Å². The van der Waals surface area contributed by atoms with E-state index in [0.717, 1.165) is 5.69 Å². The molecule has 3 aromatic rings. The molecule has 0 aliphatic rings. The van der Waals surface area contributed by atoms with Gasteiger partial charge in [0.2, 0.25) is 0 Å². The molecule has 0 radical (unpaired) electrons. The van der Waals surface area contributed by atoms with Gasteiger partial charge in [0, 0.05) is 10.9 Å². The number of rotatable bonds is 4. The van der Waals surface area contributed by atoms with Crippen LogP contribution in [0.2, 0.25) is 0 Å². The molecular weight excluding hydrogens is 508 g/mol. The van der Waals surface area contributed by atoms with E-state index in [1.807, 2.05) is 0 Å². The molecule has 0 aromatic heterocycles. The fourth-order valence-electron chi connectivity index (χ4n) is 6.37. The molecule has 3 rings (SSSR count). The van der Waals surface area contributed by atoms with Gasteiger partial charge in [0.1, 0.15) is 0 Å². The summed E-state index contributed by atoms with van der Waals surface area (Å²) in [7, 11) is -1.23. The summed E-state index contributed by atoms with van der Waals surface area (Å²) in [6.07, 6.45) is 0. The number of nitrogens with two attached hydrogens (primary N) is 1. The summed E-state index contributed by atoms with van der Waals surface area (Å²) in [4.78, 5) is 0. The van der Waals surface area contributed by atoms with E-state index in [-0.39, 0.29) is 20.6 Å². The van der Waals surface area contributed by atoms with Crippen molar-refractivity contribution in [3.8, 4) is 0 Å². The van der Waals surface area contributed by atoms with Gasteiger partial charge >= 0.3 is 0 Å². The number of anilines is 1. The lowest BCUT2D eigenvalue weighted by Crippen LogP contribution is -2.37. The smallest absolute Gasteiger partial charge is 0.0400 e. The molecule has 0 amide bonds. The van der Waals surface area contributed by atoms with Crippen LogP contribution in [0.4, 0.5) is 5.69 Å². The summed E-state index contributed by atoms with van der Waals surface area (Å²) in [5.74, 6) is 0. The van der Waals surface area contributed by atoms with Gasteiger partial charge in [-0.05, 0) is 53.7 Å². The van der Waals surface area contributed by atoms with E-state index < -0.39 is 15.8 Å². The Hall–Kier alpha value is -1.94. The van der Waals surface area contributed by atoms with Crippen molar-refractivity contribution < 1.29 is 0 Å². The number of hydrogen-bond donors (Lipinski definition) is 1. The Balaban J connectivity index is 2.82. The Morgan fingerprint density at radius 3 is 1.21 bits per heavy atom. The van der Waals surface area contributed by atoms with Gasteiger partial charge in [-0.2, -0.15) is 0 Å². The van der Waals surface area contributed by atoms with Gasteiger partial charge in [-0.1, -0.05) is 172 Å². The van der Waals surface area contributed by atoms with E-state index in [1.54, 1.807) is 0 Å². The van der Waals surface area contributed by atoms with Gasteiger partial charge in [0.05, 0.1) is 0 Å². The van der Waals surface area contributed by atoms with E-state index in [9.17, 15) is 0 Å². The largest absolute Gasteiger partial charge is 0.398 e. The Morgan fingerprint density at radius 1 is 0.462 bits per heavy atom. The van der Waals surface area contributed by atoms with Crippen molar-refractivity contribution in [3.05, 3.63) is 100 Å². The van der Waals surface area contributed by atoms with Crippen LogP contribution >= 0.6 is 15.8 Å². The minimum atomic E-state index is -0.630. The molecule has 2 N–H and O–H groups in total. The lowest BCUT2D eigenvalue weighted by molar-refractivity contribution is 0.714. The average molecular weight is 560 g/mol. The zero-order valence-electron chi connectivity index (χ0n) is 26.5. The molecule has 0 saturated carbocycles. The van der Waals surface area contributed by atoms with Gasteiger partial charge in [-0.3, -0.25) is 0 Å². The quantitative estimate of drug-likeness (QED) is 0.250. The molecular formula is C36H51NP2. The normalized spacial score (nSPS) is 15.0. The van der Waals surface area contributed by atoms with E-state index in [2.05, 4.69) is 162 Å². The molecule has 3 aromatic carbocycles. The molecule has 0 aliphatic heterocycles. The van der Waals surface area contributed by atoms with Crippen LogP contribution in [-0.4, -0.2) is 20.6 Å². The molecule has 0 saturated heterocycles. The minimum absolute atomic E-state index is 0.0873. The molecule has 1 nitrogen and oxygen atoms in total. The highest BCUT2D eigenvalue weighted by atomic mass is 31.1. The molecule has 3 heteroatoms. The van der Waals surface area contributed by atoms with Crippen molar-refractivity contribution in [1.29, 1.82) is 0 Å². The maximum absolute atomic E-state index is 7.10. The fraction of sp³-hybridized carbons (Fsp3) is 0.444. The Morgan fingerprint density at radius 2 is 0.821 bits per heavy atom. The van der Waals surface area contributed by atoms with Crippen LogP contribution in [0.25, 0.3) is 10.6 Å². The molecule has 0 atom stereocenters. The van der Waals surface area contributed by atoms with Crippen molar-refractivity contribution in [3.63, 3.8) is 0 Å². The summed E-state index contributed by atoms with van der Waals surface area (Å²) < 4.78 is 0. The lowest BCUT2D eigenvalue weighted by atomic mass is 10.1. The summed E-state index contributed by atoms with van der Waals surface area (Å²) in [6, 6.07) is 28.7. The SMILES string of the molecule is CC(C)(C)P(C(c1ccccc1)=c1cccc(N)c1=C(c1ccccc1)P(C(C)(C)C)C(C)(C)C)C(C)(C)C. The second-order valence-corrected chi connectivity index (χ2v) is 22.2. The summed E-state index contributed by atoms with van der Waals surface area (Å²) in [5.41, 5.74) is 10.6. The first-order valence-corrected chi connectivity index (χ1v) is 16.9. The minimum Gasteiger partial charge on any atom is -0.398 e. The van der Waals surface area contributed by atoms with Crippen LogP contribution in [-0.2, 0) is 0 Å². The van der Waals surface area contributed by atoms with Crippen molar-refractivity contribution in [1.82, 2.24) is 0 Å². The Kier molecular flexibility index (Phi) is 9.32. The first kappa shape index (κ1) is 31.6. The monoisotopic (exact) mass is 559 g/mol. The molecule has 0 bridgehead atoms. The van der Waals surface area contributed by atoms with Gasteiger partial charge in [0.25, 0.3) is 0 Å². The first-order chi connectivity index (χ1) is 17.8. The van der Waals surface area contributed by atoms with Crippen LogP contribution < -0.4 is 16.2 Å². The van der Waals surface area contributed by atoms with Crippen LogP contribution in [0.5, 0.6) is 0 Å². The van der Waals surface area contributed by atoms with Gasteiger partial charge < -0.3 is 5.73 Å². The molecule has 0 heterocycles. The zero-order valence-corrected chi connectivity index (χ0v) is 28.3. The number of benzene rings is 3.